The number of fused-ring (bicyclic) bond motifs is 1. The zero-order chi connectivity index (χ0) is 12.2. The average Bonchev–Trinajstić information content (AvgIpc) is 3.09. The molecule has 0 bridgehead atoms. The standard InChI is InChI=1S/C17H23N/c1(3-12-18-17-10-11-17)2-5-14-8-9-15-6-4-7-16(15)13-14/h1-2,8-9,13,17-18H,3-7,10-12H2. The summed E-state index contributed by atoms with van der Waals surface area (Å²) < 4.78 is 0. The zero-order valence-corrected chi connectivity index (χ0v) is 11.1. The van der Waals surface area contributed by atoms with Gasteiger partial charge in [0.2, 0.25) is 0 Å². The van der Waals surface area contributed by atoms with Crippen LogP contribution in [-0.4, -0.2) is 12.6 Å². The molecule has 0 saturated heterocycles. The minimum Gasteiger partial charge on any atom is -0.314 e. The third-order valence-corrected chi connectivity index (χ3v) is 4.00. The van der Waals surface area contributed by atoms with Crippen LogP contribution in [0.5, 0.6) is 0 Å². The summed E-state index contributed by atoms with van der Waals surface area (Å²) in [5.41, 5.74) is 4.65. The van der Waals surface area contributed by atoms with E-state index in [2.05, 4.69) is 35.7 Å². The number of hydrogen-bond acceptors (Lipinski definition) is 1. The summed E-state index contributed by atoms with van der Waals surface area (Å²) in [5, 5.41) is 3.54. The van der Waals surface area contributed by atoms with E-state index in [1.54, 1.807) is 11.1 Å². The number of hydrogen-bond donors (Lipinski definition) is 1. The topological polar surface area (TPSA) is 12.0 Å². The smallest absolute Gasteiger partial charge is 0.00683 e. The van der Waals surface area contributed by atoms with Gasteiger partial charge in [-0.05, 0) is 68.2 Å². The number of rotatable bonds is 6. The summed E-state index contributed by atoms with van der Waals surface area (Å²) in [6.07, 6.45) is 13.6. The molecule has 0 radical (unpaired) electrons. The van der Waals surface area contributed by atoms with Gasteiger partial charge in [0.05, 0.1) is 0 Å². The van der Waals surface area contributed by atoms with Gasteiger partial charge in [-0.3, -0.25) is 0 Å². The molecule has 0 heterocycles. The van der Waals surface area contributed by atoms with Gasteiger partial charge in [0.25, 0.3) is 0 Å². The number of benzene rings is 1. The lowest BCUT2D eigenvalue weighted by Crippen LogP contribution is -2.16. The molecule has 1 saturated carbocycles. The van der Waals surface area contributed by atoms with E-state index < -0.39 is 0 Å². The summed E-state index contributed by atoms with van der Waals surface area (Å²) >= 11 is 0. The van der Waals surface area contributed by atoms with Gasteiger partial charge in [0, 0.05) is 6.04 Å². The molecule has 1 fully saturated rings. The molecule has 1 aromatic rings. The molecule has 1 aromatic carbocycles. The largest absolute Gasteiger partial charge is 0.314 e. The van der Waals surface area contributed by atoms with E-state index in [1.807, 2.05) is 0 Å². The highest BCUT2D eigenvalue weighted by Gasteiger charge is 2.19. The van der Waals surface area contributed by atoms with Crippen molar-refractivity contribution >= 4 is 0 Å². The summed E-state index contributed by atoms with van der Waals surface area (Å²) in [6, 6.07) is 7.89. The molecule has 0 atom stereocenters. The van der Waals surface area contributed by atoms with Gasteiger partial charge in [-0.25, -0.2) is 0 Å². The quantitative estimate of drug-likeness (QED) is 0.594. The van der Waals surface area contributed by atoms with Gasteiger partial charge in [-0.15, -0.1) is 0 Å². The van der Waals surface area contributed by atoms with Gasteiger partial charge >= 0.3 is 0 Å². The van der Waals surface area contributed by atoms with Crippen LogP contribution in [0.1, 0.15) is 42.4 Å². The molecule has 0 amide bonds. The van der Waals surface area contributed by atoms with Gasteiger partial charge in [0.15, 0.2) is 0 Å². The Balaban J connectivity index is 1.42. The molecular formula is C17H23N. The van der Waals surface area contributed by atoms with Crippen LogP contribution >= 0.6 is 0 Å². The van der Waals surface area contributed by atoms with Crippen molar-refractivity contribution < 1.29 is 0 Å². The van der Waals surface area contributed by atoms with Crippen LogP contribution in [0.25, 0.3) is 0 Å². The summed E-state index contributed by atoms with van der Waals surface area (Å²) in [5.74, 6) is 0. The first-order valence-electron chi connectivity index (χ1n) is 7.41. The molecule has 1 N–H and O–H groups in total. The van der Waals surface area contributed by atoms with Crippen molar-refractivity contribution in [2.45, 2.75) is 51.0 Å². The maximum absolute atomic E-state index is 3.54. The Morgan fingerprint density at radius 2 is 2.00 bits per heavy atom. The highest BCUT2D eigenvalue weighted by Crippen LogP contribution is 2.23. The third-order valence-electron chi connectivity index (χ3n) is 4.00. The Hall–Kier alpha value is -1.08. The minimum atomic E-state index is 0.843. The van der Waals surface area contributed by atoms with Crippen LogP contribution < -0.4 is 5.32 Å². The highest BCUT2D eigenvalue weighted by molar-refractivity contribution is 5.35. The fraction of sp³-hybridized carbons (Fsp3) is 0.529. The van der Waals surface area contributed by atoms with E-state index >= 15 is 0 Å². The van der Waals surface area contributed by atoms with Crippen molar-refractivity contribution in [3.63, 3.8) is 0 Å². The van der Waals surface area contributed by atoms with Crippen molar-refractivity contribution in [1.29, 1.82) is 0 Å². The van der Waals surface area contributed by atoms with Gasteiger partial charge in [0.1, 0.15) is 0 Å². The molecular weight excluding hydrogens is 218 g/mol. The van der Waals surface area contributed by atoms with Crippen molar-refractivity contribution in [3.8, 4) is 0 Å². The van der Waals surface area contributed by atoms with E-state index in [-0.39, 0.29) is 0 Å². The fourth-order valence-corrected chi connectivity index (χ4v) is 2.75. The molecule has 18 heavy (non-hydrogen) atoms. The number of aryl methyl sites for hydroxylation is 2. The maximum atomic E-state index is 3.54. The number of allylic oxidation sites excluding steroid dienone is 1. The lowest BCUT2D eigenvalue weighted by Gasteiger charge is -2.02. The van der Waals surface area contributed by atoms with Gasteiger partial charge < -0.3 is 5.32 Å². The Bertz CT molecular complexity index is 429. The second kappa shape index (κ2) is 5.71. The van der Waals surface area contributed by atoms with E-state index in [1.165, 1.54) is 44.1 Å². The van der Waals surface area contributed by atoms with E-state index in [4.69, 9.17) is 0 Å². The normalized spacial score (nSPS) is 18.4. The molecule has 1 nitrogen and oxygen atoms in total. The summed E-state index contributed by atoms with van der Waals surface area (Å²) in [4.78, 5) is 0. The Kier molecular flexibility index (Phi) is 3.80. The van der Waals surface area contributed by atoms with Crippen LogP contribution in [0.4, 0.5) is 0 Å². The van der Waals surface area contributed by atoms with E-state index in [9.17, 15) is 0 Å². The molecule has 0 unspecified atom stereocenters. The second-order valence-corrected chi connectivity index (χ2v) is 5.65. The lowest BCUT2D eigenvalue weighted by atomic mass is 10.0. The molecule has 3 rings (SSSR count). The van der Waals surface area contributed by atoms with Crippen LogP contribution in [0, 0.1) is 0 Å². The SMILES string of the molecule is C(=CCc1ccc2c(c1)CCC2)CCNC1CC1. The predicted molar refractivity (Wildman–Crippen MR) is 77.0 cm³/mol. The monoisotopic (exact) mass is 241 g/mol. The Morgan fingerprint density at radius 1 is 1.11 bits per heavy atom. The maximum Gasteiger partial charge on any atom is 0.00683 e. The van der Waals surface area contributed by atoms with Crippen molar-refractivity contribution in [3.05, 3.63) is 47.0 Å². The van der Waals surface area contributed by atoms with E-state index in [0.29, 0.717) is 0 Å². The minimum absolute atomic E-state index is 0.843. The number of nitrogens with one attached hydrogen (secondary N) is 1. The van der Waals surface area contributed by atoms with Crippen LogP contribution in [0.15, 0.2) is 30.4 Å². The predicted octanol–water partition coefficient (Wildman–Crippen LogP) is 3.42. The first-order valence-corrected chi connectivity index (χ1v) is 7.41. The molecule has 1 heteroatoms. The summed E-state index contributed by atoms with van der Waals surface area (Å²) in [6.45, 7) is 1.14. The van der Waals surface area contributed by atoms with Crippen LogP contribution in [0.2, 0.25) is 0 Å². The first kappa shape index (κ1) is 12.0. The van der Waals surface area contributed by atoms with Gasteiger partial charge in [-0.1, -0.05) is 30.4 Å². The first-order chi connectivity index (χ1) is 8.92. The molecule has 0 spiro atoms. The average molecular weight is 241 g/mol. The zero-order valence-electron chi connectivity index (χ0n) is 11.1. The molecule has 0 aromatic heterocycles. The van der Waals surface area contributed by atoms with Crippen molar-refractivity contribution in [2.24, 2.45) is 0 Å². The van der Waals surface area contributed by atoms with E-state index in [0.717, 1.165) is 19.0 Å². The molecule has 2 aliphatic rings. The van der Waals surface area contributed by atoms with Gasteiger partial charge in [-0.2, -0.15) is 0 Å². The highest BCUT2D eigenvalue weighted by atomic mass is 14.9. The summed E-state index contributed by atoms with van der Waals surface area (Å²) in [7, 11) is 0. The third kappa shape index (κ3) is 3.23. The molecule has 2 aliphatic carbocycles. The molecule has 96 valence electrons. The Labute approximate surface area is 110 Å². The van der Waals surface area contributed by atoms with Crippen LogP contribution in [0.3, 0.4) is 0 Å². The van der Waals surface area contributed by atoms with Crippen molar-refractivity contribution in [2.75, 3.05) is 6.54 Å². The second-order valence-electron chi connectivity index (χ2n) is 5.65. The van der Waals surface area contributed by atoms with Crippen LogP contribution in [-0.2, 0) is 19.3 Å². The Morgan fingerprint density at radius 3 is 2.89 bits per heavy atom. The van der Waals surface area contributed by atoms with Crippen molar-refractivity contribution in [1.82, 2.24) is 5.32 Å². The molecule has 0 aliphatic heterocycles. The lowest BCUT2D eigenvalue weighted by molar-refractivity contribution is 0.690. The fourth-order valence-electron chi connectivity index (χ4n) is 2.75.